The van der Waals surface area contributed by atoms with Crippen molar-refractivity contribution >= 4 is 58.1 Å². The maximum atomic E-state index is 11.8. The van der Waals surface area contributed by atoms with Gasteiger partial charge in [0.25, 0.3) is 5.91 Å². The van der Waals surface area contributed by atoms with Crippen molar-refractivity contribution in [2.24, 2.45) is 0 Å². The summed E-state index contributed by atoms with van der Waals surface area (Å²) >= 11 is 23.3. The Labute approximate surface area is 140 Å². The summed E-state index contributed by atoms with van der Waals surface area (Å²) < 4.78 is 5.29. The highest BCUT2D eigenvalue weighted by atomic mass is 35.5. The number of anilines is 1. The molecule has 0 saturated carbocycles. The van der Waals surface area contributed by atoms with Gasteiger partial charge in [-0.3, -0.25) is 4.79 Å². The lowest BCUT2D eigenvalue weighted by atomic mass is 10.3. The number of ether oxygens (including phenoxy) is 1. The van der Waals surface area contributed by atoms with E-state index in [1.54, 1.807) is 12.1 Å². The van der Waals surface area contributed by atoms with Crippen molar-refractivity contribution in [3.05, 3.63) is 50.6 Å². The highest BCUT2D eigenvalue weighted by molar-refractivity contribution is 6.36. The molecule has 0 bridgehead atoms. The minimum Gasteiger partial charge on any atom is -0.482 e. The summed E-state index contributed by atoms with van der Waals surface area (Å²) in [6, 6.07) is 6.18. The van der Waals surface area contributed by atoms with Gasteiger partial charge < -0.3 is 10.1 Å². The average Bonchev–Trinajstić information content (AvgIpc) is 2.41. The summed E-state index contributed by atoms with van der Waals surface area (Å²) in [5.41, 5.74) is 0. The van der Waals surface area contributed by atoms with Gasteiger partial charge in [0, 0.05) is 11.2 Å². The number of nitrogens with zero attached hydrogens (tertiary/aromatic N) is 1. The van der Waals surface area contributed by atoms with Gasteiger partial charge in [-0.1, -0.05) is 46.4 Å². The molecule has 0 spiro atoms. The summed E-state index contributed by atoms with van der Waals surface area (Å²) in [4.78, 5) is 15.7. The summed E-state index contributed by atoms with van der Waals surface area (Å²) in [7, 11) is 0. The molecule has 1 N–H and O–H groups in total. The Morgan fingerprint density at radius 3 is 2.48 bits per heavy atom. The van der Waals surface area contributed by atoms with Gasteiger partial charge in [0.15, 0.2) is 12.4 Å². The second kappa shape index (κ2) is 7.18. The Bertz CT molecular complexity index is 679. The normalized spacial score (nSPS) is 10.3. The van der Waals surface area contributed by atoms with Crippen LogP contribution in [0.15, 0.2) is 30.5 Å². The molecule has 0 unspecified atom stereocenters. The Balaban J connectivity index is 1.96. The first kappa shape index (κ1) is 16.2. The minimum absolute atomic E-state index is 0.205. The summed E-state index contributed by atoms with van der Waals surface area (Å²) in [5.74, 6) is 0.126. The lowest BCUT2D eigenvalue weighted by molar-refractivity contribution is -0.118. The molecule has 0 fully saturated rings. The highest BCUT2D eigenvalue weighted by Gasteiger charge is 2.10. The first-order valence-electron chi connectivity index (χ1n) is 5.64. The van der Waals surface area contributed by atoms with E-state index in [2.05, 4.69) is 10.3 Å². The molecule has 21 heavy (non-hydrogen) atoms. The van der Waals surface area contributed by atoms with E-state index in [1.165, 1.54) is 18.3 Å². The number of hydrogen-bond donors (Lipinski definition) is 1. The number of hydrogen-bond acceptors (Lipinski definition) is 3. The highest BCUT2D eigenvalue weighted by Crippen LogP contribution is 2.27. The molecule has 110 valence electrons. The van der Waals surface area contributed by atoms with Crippen LogP contribution < -0.4 is 10.1 Å². The molecule has 0 aliphatic rings. The van der Waals surface area contributed by atoms with Crippen molar-refractivity contribution in [2.75, 3.05) is 11.9 Å². The molecular weight excluding hydrogens is 358 g/mol. The Morgan fingerprint density at radius 2 is 1.81 bits per heavy atom. The number of nitrogens with one attached hydrogen (secondary N) is 1. The van der Waals surface area contributed by atoms with Crippen LogP contribution >= 0.6 is 46.4 Å². The Kier molecular flexibility index (Phi) is 5.53. The average molecular weight is 366 g/mol. The van der Waals surface area contributed by atoms with E-state index in [-0.39, 0.29) is 17.4 Å². The minimum atomic E-state index is -0.433. The zero-order chi connectivity index (χ0) is 15.4. The molecule has 8 heteroatoms. The van der Waals surface area contributed by atoms with Crippen molar-refractivity contribution < 1.29 is 9.53 Å². The van der Waals surface area contributed by atoms with E-state index >= 15 is 0 Å². The fourth-order valence-electron chi connectivity index (χ4n) is 1.41. The lowest BCUT2D eigenvalue weighted by Gasteiger charge is -2.09. The summed E-state index contributed by atoms with van der Waals surface area (Å²) in [6.45, 7) is -0.248. The van der Waals surface area contributed by atoms with Crippen molar-refractivity contribution in [1.82, 2.24) is 4.98 Å². The molecule has 0 aliphatic carbocycles. The topological polar surface area (TPSA) is 51.2 Å². The first-order chi connectivity index (χ1) is 9.95. The van der Waals surface area contributed by atoms with Crippen LogP contribution in [0.3, 0.4) is 0 Å². The van der Waals surface area contributed by atoms with Crippen molar-refractivity contribution in [2.45, 2.75) is 0 Å². The van der Waals surface area contributed by atoms with Gasteiger partial charge in [-0.15, -0.1) is 0 Å². The molecule has 1 heterocycles. The van der Waals surface area contributed by atoms with Gasteiger partial charge in [0.05, 0.1) is 15.1 Å². The third kappa shape index (κ3) is 4.64. The van der Waals surface area contributed by atoms with Crippen LogP contribution in [0.4, 0.5) is 5.82 Å². The summed E-state index contributed by atoms with van der Waals surface area (Å²) in [5, 5.41) is 3.92. The van der Waals surface area contributed by atoms with Crippen LogP contribution in [0.25, 0.3) is 0 Å². The predicted octanol–water partition coefficient (Wildman–Crippen LogP) is 4.71. The van der Waals surface area contributed by atoms with Gasteiger partial charge >= 0.3 is 0 Å². The molecule has 1 amide bonds. The Morgan fingerprint density at radius 1 is 1.10 bits per heavy atom. The van der Waals surface area contributed by atoms with E-state index in [9.17, 15) is 4.79 Å². The van der Waals surface area contributed by atoms with Gasteiger partial charge in [0.2, 0.25) is 0 Å². The van der Waals surface area contributed by atoms with Crippen molar-refractivity contribution in [3.8, 4) is 5.75 Å². The summed E-state index contributed by atoms with van der Waals surface area (Å²) in [6.07, 6.45) is 1.37. The van der Waals surface area contributed by atoms with Gasteiger partial charge in [0.1, 0.15) is 5.75 Å². The largest absolute Gasteiger partial charge is 0.482 e. The van der Waals surface area contributed by atoms with Crippen LogP contribution in [0.1, 0.15) is 0 Å². The maximum Gasteiger partial charge on any atom is 0.263 e. The van der Waals surface area contributed by atoms with Crippen molar-refractivity contribution in [1.29, 1.82) is 0 Å². The number of rotatable bonds is 4. The van der Waals surface area contributed by atoms with Crippen LogP contribution in [-0.4, -0.2) is 17.5 Å². The molecule has 0 atom stereocenters. The van der Waals surface area contributed by atoms with Crippen LogP contribution in [0.2, 0.25) is 20.1 Å². The fourth-order valence-corrected chi connectivity index (χ4v) is 2.30. The Hall–Kier alpha value is -1.20. The number of amides is 1. The standard InChI is InChI=1S/C13H8Cl4N2O2/c14-7-1-2-11(9(16)3-7)21-6-12(20)19-13-10(17)4-8(15)5-18-13/h1-5H,6H2,(H,18,19,20). The van der Waals surface area contributed by atoms with Crippen LogP contribution in [0, 0.1) is 0 Å². The van der Waals surface area contributed by atoms with E-state index in [4.69, 9.17) is 51.1 Å². The SMILES string of the molecule is O=C(COc1ccc(Cl)cc1Cl)Nc1ncc(Cl)cc1Cl. The maximum absolute atomic E-state index is 11.8. The zero-order valence-electron chi connectivity index (χ0n) is 10.4. The predicted molar refractivity (Wildman–Crippen MR) is 84.8 cm³/mol. The molecule has 0 saturated heterocycles. The van der Waals surface area contributed by atoms with E-state index in [0.29, 0.717) is 20.8 Å². The van der Waals surface area contributed by atoms with Crippen molar-refractivity contribution in [3.63, 3.8) is 0 Å². The second-order valence-electron chi connectivity index (χ2n) is 3.90. The van der Waals surface area contributed by atoms with E-state index in [1.807, 2.05) is 0 Å². The van der Waals surface area contributed by atoms with Crippen LogP contribution in [-0.2, 0) is 4.79 Å². The molecule has 2 rings (SSSR count). The third-order valence-electron chi connectivity index (χ3n) is 2.32. The molecule has 4 nitrogen and oxygen atoms in total. The number of pyridine rings is 1. The zero-order valence-corrected chi connectivity index (χ0v) is 13.4. The van der Waals surface area contributed by atoms with Gasteiger partial charge in [-0.2, -0.15) is 0 Å². The fraction of sp³-hybridized carbons (Fsp3) is 0.0769. The lowest BCUT2D eigenvalue weighted by Crippen LogP contribution is -2.21. The quantitative estimate of drug-likeness (QED) is 0.853. The molecule has 1 aromatic heterocycles. The monoisotopic (exact) mass is 364 g/mol. The number of carbonyl (C=O) groups is 1. The third-order valence-corrected chi connectivity index (χ3v) is 3.34. The first-order valence-corrected chi connectivity index (χ1v) is 7.15. The van der Waals surface area contributed by atoms with E-state index < -0.39 is 5.91 Å². The number of benzene rings is 1. The van der Waals surface area contributed by atoms with Gasteiger partial charge in [-0.25, -0.2) is 4.98 Å². The number of halogens is 4. The molecule has 1 aromatic carbocycles. The van der Waals surface area contributed by atoms with Crippen LogP contribution in [0.5, 0.6) is 5.75 Å². The van der Waals surface area contributed by atoms with E-state index in [0.717, 1.165) is 0 Å². The number of aromatic nitrogens is 1. The second-order valence-corrected chi connectivity index (χ2v) is 5.58. The molecule has 0 aliphatic heterocycles. The molecule has 0 radical (unpaired) electrons. The number of carbonyl (C=O) groups excluding carboxylic acids is 1. The smallest absolute Gasteiger partial charge is 0.263 e. The van der Waals surface area contributed by atoms with Gasteiger partial charge in [-0.05, 0) is 24.3 Å². The molecule has 2 aromatic rings. The molecular formula is C13H8Cl4N2O2.